The van der Waals surface area contributed by atoms with Crippen molar-refractivity contribution >= 4 is 5.91 Å². The summed E-state index contributed by atoms with van der Waals surface area (Å²) in [6.45, 7) is 2.89. The highest BCUT2D eigenvalue weighted by Gasteiger charge is 2.30. The number of hydrogen-bond acceptors (Lipinski definition) is 4. The normalized spacial score (nSPS) is 17.7. The number of carbonyl (C=O) groups is 1. The summed E-state index contributed by atoms with van der Waals surface area (Å²) in [6, 6.07) is 5.10. The molecule has 1 saturated heterocycles. The van der Waals surface area contributed by atoms with Gasteiger partial charge in [-0.2, -0.15) is 13.2 Å². The van der Waals surface area contributed by atoms with Crippen LogP contribution in [0.25, 0.3) is 0 Å². The van der Waals surface area contributed by atoms with E-state index in [1.54, 1.807) is 16.9 Å². The third-order valence-electron chi connectivity index (χ3n) is 4.57. The van der Waals surface area contributed by atoms with Gasteiger partial charge in [0.15, 0.2) is 5.69 Å². The SMILES string of the molecule is O=C(NCCc1cccc(C(F)(F)F)c1)c1cn(CC2CCCNC2)nn1. The van der Waals surface area contributed by atoms with Gasteiger partial charge in [-0.3, -0.25) is 9.48 Å². The number of amides is 1. The Kier molecular flexibility index (Phi) is 6.10. The zero-order valence-electron chi connectivity index (χ0n) is 14.8. The maximum absolute atomic E-state index is 12.7. The number of halogens is 3. The Labute approximate surface area is 155 Å². The van der Waals surface area contributed by atoms with E-state index >= 15 is 0 Å². The lowest BCUT2D eigenvalue weighted by Gasteiger charge is -2.22. The van der Waals surface area contributed by atoms with Crippen molar-refractivity contribution in [1.29, 1.82) is 0 Å². The molecule has 0 radical (unpaired) electrons. The van der Waals surface area contributed by atoms with Gasteiger partial charge in [0.05, 0.1) is 11.8 Å². The molecule has 1 aliphatic rings. The summed E-state index contributed by atoms with van der Waals surface area (Å²) in [5, 5.41) is 13.9. The number of aromatic nitrogens is 3. The third kappa shape index (κ3) is 5.53. The molecule has 0 aliphatic carbocycles. The Hall–Kier alpha value is -2.42. The van der Waals surface area contributed by atoms with Crippen LogP contribution in [0.2, 0.25) is 0 Å². The summed E-state index contributed by atoms with van der Waals surface area (Å²) in [7, 11) is 0. The van der Waals surface area contributed by atoms with Crippen LogP contribution in [-0.4, -0.2) is 40.5 Å². The van der Waals surface area contributed by atoms with Crippen molar-refractivity contribution in [3.63, 3.8) is 0 Å². The van der Waals surface area contributed by atoms with Crippen LogP contribution in [0.15, 0.2) is 30.5 Å². The van der Waals surface area contributed by atoms with Crippen LogP contribution in [0.1, 0.15) is 34.5 Å². The first-order valence-corrected chi connectivity index (χ1v) is 8.97. The lowest BCUT2D eigenvalue weighted by molar-refractivity contribution is -0.137. The van der Waals surface area contributed by atoms with Crippen molar-refractivity contribution in [3.05, 3.63) is 47.3 Å². The van der Waals surface area contributed by atoms with Crippen LogP contribution >= 0.6 is 0 Å². The van der Waals surface area contributed by atoms with Gasteiger partial charge >= 0.3 is 6.18 Å². The molecule has 27 heavy (non-hydrogen) atoms. The summed E-state index contributed by atoms with van der Waals surface area (Å²) < 4.78 is 39.8. The second-order valence-corrected chi connectivity index (χ2v) is 6.74. The van der Waals surface area contributed by atoms with Crippen molar-refractivity contribution in [1.82, 2.24) is 25.6 Å². The number of piperidine rings is 1. The maximum atomic E-state index is 12.7. The van der Waals surface area contributed by atoms with Gasteiger partial charge in [-0.25, -0.2) is 0 Å². The molecule has 9 heteroatoms. The lowest BCUT2D eigenvalue weighted by atomic mass is 10.00. The first-order chi connectivity index (χ1) is 12.9. The van der Waals surface area contributed by atoms with Gasteiger partial charge in [-0.1, -0.05) is 23.4 Å². The second kappa shape index (κ2) is 8.51. The van der Waals surface area contributed by atoms with Crippen LogP contribution in [-0.2, 0) is 19.1 Å². The Balaban J connectivity index is 1.48. The molecule has 146 valence electrons. The van der Waals surface area contributed by atoms with Crippen molar-refractivity contribution in [2.24, 2.45) is 5.92 Å². The van der Waals surface area contributed by atoms with Crippen LogP contribution in [0.5, 0.6) is 0 Å². The molecule has 1 aromatic heterocycles. The highest BCUT2D eigenvalue weighted by Crippen LogP contribution is 2.29. The third-order valence-corrected chi connectivity index (χ3v) is 4.57. The van der Waals surface area contributed by atoms with Gasteiger partial charge in [0.1, 0.15) is 0 Å². The minimum atomic E-state index is -4.37. The Bertz CT molecular complexity index is 768. The number of rotatable bonds is 6. The molecule has 1 amide bonds. The lowest BCUT2D eigenvalue weighted by Crippen LogP contribution is -2.32. The van der Waals surface area contributed by atoms with Crippen LogP contribution in [0.4, 0.5) is 13.2 Å². The summed E-state index contributed by atoms with van der Waals surface area (Å²) in [5.74, 6) is 0.0901. The molecule has 1 atom stereocenters. The summed E-state index contributed by atoms with van der Waals surface area (Å²) >= 11 is 0. The topological polar surface area (TPSA) is 71.8 Å². The fourth-order valence-corrected chi connectivity index (χ4v) is 3.15. The molecule has 2 N–H and O–H groups in total. The molecule has 3 rings (SSSR count). The first-order valence-electron chi connectivity index (χ1n) is 8.97. The Morgan fingerprint density at radius 3 is 2.96 bits per heavy atom. The van der Waals surface area contributed by atoms with Gasteiger partial charge in [0, 0.05) is 13.1 Å². The van der Waals surface area contributed by atoms with Crippen molar-refractivity contribution in [3.8, 4) is 0 Å². The number of carbonyl (C=O) groups excluding carboxylic acids is 1. The monoisotopic (exact) mass is 381 g/mol. The van der Waals surface area contributed by atoms with Crippen molar-refractivity contribution in [2.75, 3.05) is 19.6 Å². The molecule has 6 nitrogen and oxygen atoms in total. The standard InChI is InChI=1S/C18H22F3N5O/c19-18(20,21)15-5-1-3-13(9-15)6-8-23-17(27)16-12-26(25-24-16)11-14-4-2-7-22-10-14/h1,3,5,9,12,14,22H,2,4,6-8,10-11H2,(H,23,27). The van der Waals surface area contributed by atoms with E-state index in [9.17, 15) is 18.0 Å². The molecule has 1 fully saturated rings. The van der Waals surface area contributed by atoms with E-state index in [0.717, 1.165) is 38.1 Å². The fourth-order valence-electron chi connectivity index (χ4n) is 3.15. The highest BCUT2D eigenvalue weighted by molar-refractivity contribution is 5.91. The van der Waals surface area contributed by atoms with Crippen molar-refractivity contribution in [2.45, 2.75) is 32.0 Å². The Morgan fingerprint density at radius 2 is 2.22 bits per heavy atom. The van der Waals surface area contributed by atoms with Crippen molar-refractivity contribution < 1.29 is 18.0 Å². The highest BCUT2D eigenvalue weighted by atomic mass is 19.4. The molecule has 1 unspecified atom stereocenters. The van der Waals surface area contributed by atoms with Gasteiger partial charge in [0.2, 0.25) is 0 Å². The van der Waals surface area contributed by atoms with Gasteiger partial charge in [0.25, 0.3) is 5.91 Å². The molecule has 2 heterocycles. The summed E-state index contributed by atoms with van der Waals surface area (Å²) in [6.07, 6.45) is -0.217. The van der Waals surface area contributed by atoms with Gasteiger partial charge in [-0.15, -0.1) is 5.10 Å². The summed E-state index contributed by atoms with van der Waals surface area (Å²) in [4.78, 5) is 12.1. The minimum Gasteiger partial charge on any atom is -0.350 e. The average molecular weight is 381 g/mol. The Morgan fingerprint density at radius 1 is 1.37 bits per heavy atom. The van der Waals surface area contributed by atoms with Crippen LogP contribution in [0, 0.1) is 5.92 Å². The van der Waals surface area contributed by atoms with E-state index in [1.807, 2.05) is 0 Å². The van der Waals surface area contributed by atoms with E-state index in [4.69, 9.17) is 0 Å². The van der Waals surface area contributed by atoms with E-state index in [0.29, 0.717) is 24.4 Å². The molecule has 2 aromatic rings. The summed E-state index contributed by atoms with van der Waals surface area (Å²) in [5.41, 5.74) is 0.0351. The van der Waals surface area contributed by atoms with Crippen LogP contribution < -0.4 is 10.6 Å². The zero-order valence-corrected chi connectivity index (χ0v) is 14.8. The van der Waals surface area contributed by atoms with Gasteiger partial charge in [-0.05, 0) is 49.9 Å². The molecule has 1 aromatic carbocycles. The quantitative estimate of drug-likeness (QED) is 0.805. The maximum Gasteiger partial charge on any atom is 0.416 e. The molecular formula is C18H22F3N5O. The zero-order chi connectivity index (χ0) is 19.3. The number of nitrogens with zero attached hydrogens (tertiary/aromatic N) is 3. The molecule has 0 saturated carbocycles. The van der Waals surface area contributed by atoms with E-state index in [-0.39, 0.29) is 18.1 Å². The fraction of sp³-hybridized carbons (Fsp3) is 0.500. The number of hydrogen-bond donors (Lipinski definition) is 2. The average Bonchev–Trinajstić information content (AvgIpc) is 3.11. The van der Waals surface area contributed by atoms with E-state index < -0.39 is 11.7 Å². The predicted octanol–water partition coefficient (Wildman–Crippen LogP) is 2.27. The first kappa shape index (κ1) is 19.3. The number of benzene rings is 1. The van der Waals surface area contributed by atoms with Gasteiger partial charge < -0.3 is 10.6 Å². The molecule has 1 aliphatic heterocycles. The minimum absolute atomic E-state index is 0.211. The molecule has 0 bridgehead atoms. The molecule has 0 spiro atoms. The van der Waals surface area contributed by atoms with E-state index in [1.165, 1.54) is 6.07 Å². The second-order valence-electron chi connectivity index (χ2n) is 6.74. The predicted molar refractivity (Wildman–Crippen MR) is 93.1 cm³/mol. The smallest absolute Gasteiger partial charge is 0.350 e. The largest absolute Gasteiger partial charge is 0.416 e. The number of alkyl halides is 3. The van der Waals surface area contributed by atoms with E-state index in [2.05, 4.69) is 20.9 Å². The molecular weight excluding hydrogens is 359 g/mol. The van der Waals surface area contributed by atoms with Crippen LogP contribution in [0.3, 0.4) is 0 Å². The number of nitrogens with one attached hydrogen (secondary N) is 2.